The maximum absolute atomic E-state index is 13.6. The molecular formula is C45H70N6O12S. The maximum Gasteiger partial charge on any atom is 0.249 e. The van der Waals surface area contributed by atoms with E-state index in [1.54, 1.807) is 37.4 Å². The van der Waals surface area contributed by atoms with Gasteiger partial charge in [-0.05, 0) is 56.8 Å². The van der Waals surface area contributed by atoms with Gasteiger partial charge in [0.05, 0.1) is 37.9 Å². The molecule has 1 aliphatic rings. The van der Waals surface area contributed by atoms with Crippen molar-refractivity contribution < 1.29 is 57.4 Å². The molecule has 19 heteroatoms. The van der Waals surface area contributed by atoms with Gasteiger partial charge in [-0.25, -0.2) is 0 Å². The van der Waals surface area contributed by atoms with Crippen molar-refractivity contribution in [3.8, 4) is 0 Å². The lowest BCUT2D eigenvalue weighted by molar-refractivity contribution is -0.142. The molecule has 0 aliphatic carbocycles. The molecule has 5 amide bonds. The van der Waals surface area contributed by atoms with Crippen LogP contribution in [0.5, 0.6) is 0 Å². The van der Waals surface area contributed by atoms with Crippen LogP contribution < -0.4 is 27.0 Å². The molecule has 0 aromatic heterocycles. The third-order valence-corrected chi connectivity index (χ3v) is 11.1. The van der Waals surface area contributed by atoms with Crippen LogP contribution in [0.4, 0.5) is 0 Å². The zero-order valence-electron chi connectivity index (χ0n) is 38.3. The van der Waals surface area contributed by atoms with Crippen LogP contribution in [0.15, 0.2) is 24.3 Å². The number of nitrogens with two attached hydrogens (primary N) is 1. The Kier molecular flexibility index (Phi) is 26.5. The van der Waals surface area contributed by atoms with E-state index < -0.39 is 53.7 Å². The number of likely N-dealkylation sites (tertiary alicyclic amines) is 1. The molecule has 1 saturated heterocycles. The molecule has 1 fully saturated rings. The number of carbonyl (C=O) groups excluding carboxylic acids is 9. The zero-order valence-corrected chi connectivity index (χ0v) is 39.1. The van der Waals surface area contributed by atoms with Crippen LogP contribution in [0.2, 0.25) is 0 Å². The number of ether oxygens (including phenoxy) is 3. The quantitative estimate of drug-likeness (QED) is 0.0493. The lowest BCUT2D eigenvalue weighted by Gasteiger charge is -2.27. The Morgan fingerprint density at radius 1 is 0.781 bits per heavy atom. The molecule has 1 aromatic carbocycles. The van der Waals surface area contributed by atoms with Gasteiger partial charge in [-0.3, -0.25) is 43.2 Å². The SMILES string of the molecule is CNC(=O)[C@H](C)CC(=O)[C@H](CSC)NC(=O)CCC(=O)[C@H](CC(C)C)NC(=O)[C@@H]1CCCN1C(=O)COCCCC(=O)[C@H](Cc1ccc(C(C)=O)cc1)NC(=O)COCCOCCN. The third kappa shape index (κ3) is 21.0. The largest absolute Gasteiger partial charge is 0.378 e. The number of hydrogen-bond acceptors (Lipinski definition) is 14. The predicted octanol–water partition coefficient (Wildman–Crippen LogP) is 1.33. The summed E-state index contributed by atoms with van der Waals surface area (Å²) < 4.78 is 16.2. The second kappa shape index (κ2) is 30.6. The van der Waals surface area contributed by atoms with Crippen molar-refractivity contribution in [2.45, 2.75) is 110 Å². The molecule has 64 heavy (non-hydrogen) atoms. The van der Waals surface area contributed by atoms with E-state index in [4.69, 9.17) is 19.9 Å². The summed E-state index contributed by atoms with van der Waals surface area (Å²) in [6.45, 7) is 7.83. The first kappa shape index (κ1) is 55.6. The van der Waals surface area contributed by atoms with Crippen molar-refractivity contribution in [3.63, 3.8) is 0 Å². The topological polar surface area (TPSA) is 259 Å². The van der Waals surface area contributed by atoms with Gasteiger partial charge in [-0.15, -0.1) is 0 Å². The van der Waals surface area contributed by atoms with Crippen molar-refractivity contribution >= 4 is 64.4 Å². The highest BCUT2D eigenvalue weighted by molar-refractivity contribution is 7.98. The van der Waals surface area contributed by atoms with Crippen LogP contribution in [0.25, 0.3) is 0 Å². The van der Waals surface area contributed by atoms with Crippen LogP contribution >= 0.6 is 11.8 Å². The van der Waals surface area contributed by atoms with E-state index >= 15 is 0 Å². The van der Waals surface area contributed by atoms with Crippen LogP contribution in [0.3, 0.4) is 0 Å². The molecule has 1 aliphatic heterocycles. The monoisotopic (exact) mass is 918 g/mol. The van der Waals surface area contributed by atoms with Gasteiger partial charge in [0.15, 0.2) is 23.1 Å². The van der Waals surface area contributed by atoms with Crippen molar-refractivity contribution in [2.75, 3.05) is 71.8 Å². The van der Waals surface area contributed by atoms with Gasteiger partial charge in [-0.1, -0.05) is 45.0 Å². The van der Waals surface area contributed by atoms with E-state index in [1.807, 2.05) is 13.8 Å². The van der Waals surface area contributed by atoms with Gasteiger partial charge >= 0.3 is 0 Å². The molecule has 2 rings (SSSR count). The molecule has 6 N–H and O–H groups in total. The van der Waals surface area contributed by atoms with E-state index in [2.05, 4.69) is 21.3 Å². The molecule has 1 aromatic rings. The van der Waals surface area contributed by atoms with E-state index in [0.717, 1.165) is 5.56 Å². The van der Waals surface area contributed by atoms with E-state index in [1.165, 1.54) is 30.6 Å². The highest BCUT2D eigenvalue weighted by Gasteiger charge is 2.36. The zero-order chi connectivity index (χ0) is 47.6. The second-order valence-corrected chi connectivity index (χ2v) is 17.2. The minimum absolute atomic E-state index is 0.0209. The number of rotatable bonds is 33. The Labute approximate surface area is 381 Å². The Balaban J connectivity index is 1.92. The Hall–Kier alpha value is -4.56. The first-order valence-electron chi connectivity index (χ1n) is 22.0. The lowest BCUT2D eigenvalue weighted by atomic mass is 9.96. The fourth-order valence-electron chi connectivity index (χ4n) is 7.02. The number of benzene rings is 1. The Morgan fingerprint density at radius 2 is 1.44 bits per heavy atom. The van der Waals surface area contributed by atoms with Crippen molar-refractivity contribution in [2.24, 2.45) is 17.6 Å². The van der Waals surface area contributed by atoms with Crippen LogP contribution in [-0.4, -0.2) is 154 Å². The van der Waals surface area contributed by atoms with Gasteiger partial charge in [0.25, 0.3) is 0 Å². The molecular weight excluding hydrogens is 849 g/mol. The summed E-state index contributed by atoms with van der Waals surface area (Å²) in [6.07, 6.45) is 3.11. The summed E-state index contributed by atoms with van der Waals surface area (Å²) in [5, 5.41) is 10.8. The maximum atomic E-state index is 13.6. The normalized spacial score (nSPS) is 15.4. The molecule has 0 unspecified atom stereocenters. The fraction of sp³-hybridized carbons (Fsp3) is 0.667. The standard InChI is InChI=1S/C45H70N6O12S/c1-29(2)23-34(39(54)15-16-41(56)49-36(28-64-6)40(55)24-30(3)44(59)47-5)50-45(60)37-9-7-18-51(37)43(58)27-62-19-8-10-38(53)35(25-32-11-13-33(14-12-32)31(4)52)48-42(57)26-63-22-21-61-20-17-46/h11-14,29-30,34-37H,7-10,15-28,46H2,1-6H3,(H,47,59)(H,48,57)(H,49,56)(H,50,60)/t30-,34+,35+,36+,37+/m1/s1. The van der Waals surface area contributed by atoms with Crippen LogP contribution in [-0.2, 0) is 59.0 Å². The van der Waals surface area contributed by atoms with Gasteiger partial charge in [0.1, 0.15) is 19.3 Å². The van der Waals surface area contributed by atoms with E-state index in [9.17, 15) is 43.2 Å². The predicted molar refractivity (Wildman–Crippen MR) is 241 cm³/mol. The average molecular weight is 919 g/mol. The number of nitrogens with one attached hydrogen (secondary N) is 4. The molecule has 0 saturated carbocycles. The third-order valence-electron chi connectivity index (χ3n) is 10.5. The highest BCUT2D eigenvalue weighted by atomic mass is 32.2. The molecule has 0 radical (unpaired) electrons. The Morgan fingerprint density at radius 3 is 2.08 bits per heavy atom. The number of carbonyl (C=O) groups is 9. The number of hydrogen-bond donors (Lipinski definition) is 5. The van der Waals surface area contributed by atoms with Crippen molar-refractivity contribution in [1.29, 1.82) is 0 Å². The summed E-state index contributed by atoms with van der Waals surface area (Å²) in [4.78, 5) is 117. The van der Waals surface area contributed by atoms with Crippen LogP contribution in [0, 0.1) is 11.8 Å². The van der Waals surface area contributed by atoms with Crippen molar-refractivity contribution in [3.05, 3.63) is 35.4 Å². The molecule has 0 spiro atoms. The number of Topliss-reactive ketones (excluding diaryl/α,β-unsaturated/α-hetero) is 4. The summed E-state index contributed by atoms with van der Waals surface area (Å²) in [7, 11) is 1.49. The number of ketones is 4. The summed E-state index contributed by atoms with van der Waals surface area (Å²) in [5.74, 6) is -3.38. The number of amides is 5. The van der Waals surface area contributed by atoms with Crippen LogP contribution in [0.1, 0.15) is 95.0 Å². The van der Waals surface area contributed by atoms with Gasteiger partial charge in [0.2, 0.25) is 29.5 Å². The first-order chi connectivity index (χ1) is 30.5. The number of thioether (sulfide) groups is 1. The summed E-state index contributed by atoms with van der Waals surface area (Å²) in [5.41, 5.74) is 6.66. The molecule has 1 heterocycles. The minimum Gasteiger partial charge on any atom is -0.378 e. The summed E-state index contributed by atoms with van der Waals surface area (Å²) in [6, 6.07) is 3.36. The smallest absolute Gasteiger partial charge is 0.249 e. The number of nitrogens with zero attached hydrogens (tertiary/aromatic N) is 1. The van der Waals surface area contributed by atoms with Gasteiger partial charge < -0.3 is 46.1 Å². The van der Waals surface area contributed by atoms with Crippen molar-refractivity contribution in [1.82, 2.24) is 26.2 Å². The molecule has 0 bridgehead atoms. The first-order valence-corrected chi connectivity index (χ1v) is 23.4. The second-order valence-electron chi connectivity index (χ2n) is 16.3. The van der Waals surface area contributed by atoms with E-state index in [-0.39, 0.29) is 107 Å². The van der Waals surface area contributed by atoms with Gasteiger partial charge in [-0.2, -0.15) is 11.8 Å². The Bertz CT molecular complexity index is 1710. The van der Waals surface area contributed by atoms with Gasteiger partial charge in [0, 0.05) is 69.7 Å². The molecule has 5 atom stereocenters. The van der Waals surface area contributed by atoms with E-state index in [0.29, 0.717) is 50.3 Å². The minimum atomic E-state index is -0.897. The molecule has 18 nitrogen and oxygen atoms in total. The summed E-state index contributed by atoms with van der Waals surface area (Å²) >= 11 is 1.37. The fourth-order valence-corrected chi connectivity index (χ4v) is 7.62. The lowest BCUT2D eigenvalue weighted by Crippen LogP contribution is -2.52. The average Bonchev–Trinajstić information content (AvgIpc) is 3.76. The highest BCUT2D eigenvalue weighted by Crippen LogP contribution is 2.20. The molecule has 358 valence electrons.